The molecule has 4 rings (SSSR count). The number of benzene rings is 2. The molecule has 6 nitrogen and oxygen atoms in total. The van der Waals surface area contributed by atoms with Crippen molar-refractivity contribution in [2.45, 2.75) is 31.6 Å². The molecule has 2 heterocycles. The van der Waals surface area contributed by atoms with Crippen LogP contribution in [0.25, 0.3) is 11.0 Å². The van der Waals surface area contributed by atoms with Crippen molar-refractivity contribution in [2.75, 3.05) is 18.9 Å². The van der Waals surface area contributed by atoms with E-state index in [2.05, 4.69) is 25.5 Å². The number of imidazole rings is 1. The number of aryl methyl sites for hydroxylation is 1. The molecule has 3 aromatic rings. The quantitative estimate of drug-likeness (QED) is 0.518. The standard InChI is InChI=1S/C21H21ClF3N5O/c1-11-3-6-16-17(7-11)29-19(28-16)18-9-13(10-30(18)2)27-20(31)26-12-4-5-15(22)14(8-12)21(23,24)25/h3-8,13,18H,9-10H2,1-2H3,(H,28,29)(H2,26,27,31)/t13-,18+/m1/s1. The van der Waals surface area contributed by atoms with Crippen molar-refractivity contribution in [2.24, 2.45) is 0 Å². The largest absolute Gasteiger partial charge is 0.417 e. The number of alkyl halides is 3. The average Bonchev–Trinajstić information content (AvgIpc) is 3.24. The number of halogens is 4. The zero-order valence-electron chi connectivity index (χ0n) is 16.8. The third-order valence-corrected chi connectivity index (χ3v) is 5.71. The summed E-state index contributed by atoms with van der Waals surface area (Å²) in [6, 6.07) is 8.50. The maximum Gasteiger partial charge on any atom is 0.417 e. The highest BCUT2D eigenvalue weighted by Gasteiger charge is 2.35. The molecule has 1 fully saturated rings. The van der Waals surface area contributed by atoms with E-state index in [1.54, 1.807) is 0 Å². The number of likely N-dealkylation sites (N-methyl/N-ethyl adjacent to an activating group) is 1. The lowest BCUT2D eigenvalue weighted by atomic mass is 10.1. The molecule has 0 bridgehead atoms. The summed E-state index contributed by atoms with van der Waals surface area (Å²) in [6.07, 6.45) is -3.98. The fraction of sp³-hybridized carbons (Fsp3) is 0.333. The molecular formula is C21H21ClF3N5O. The minimum absolute atomic E-state index is 0.00892. The average molecular weight is 452 g/mol. The van der Waals surface area contributed by atoms with Crippen LogP contribution >= 0.6 is 11.6 Å². The van der Waals surface area contributed by atoms with E-state index in [-0.39, 0.29) is 17.8 Å². The predicted molar refractivity (Wildman–Crippen MR) is 113 cm³/mol. The maximum absolute atomic E-state index is 13.0. The minimum atomic E-state index is -4.60. The highest BCUT2D eigenvalue weighted by molar-refractivity contribution is 6.31. The first-order chi connectivity index (χ1) is 14.6. The van der Waals surface area contributed by atoms with E-state index in [4.69, 9.17) is 11.6 Å². The summed E-state index contributed by atoms with van der Waals surface area (Å²) in [7, 11) is 1.94. The van der Waals surface area contributed by atoms with Gasteiger partial charge in [0.2, 0.25) is 0 Å². The van der Waals surface area contributed by atoms with E-state index in [1.807, 2.05) is 32.2 Å². The van der Waals surface area contributed by atoms with Crippen LogP contribution < -0.4 is 10.6 Å². The first-order valence-electron chi connectivity index (χ1n) is 9.71. The van der Waals surface area contributed by atoms with Crippen LogP contribution in [0.1, 0.15) is 29.4 Å². The second-order valence-electron chi connectivity index (χ2n) is 7.82. The summed E-state index contributed by atoms with van der Waals surface area (Å²) in [5.41, 5.74) is 2.00. The van der Waals surface area contributed by atoms with E-state index in [1.165, 1.54) is 6.07 Å². The zero-order chi connectivity index (χ0) is 22.3. The molecule has 3 N–H and O–H groups in total. The van der Waals surface area contributed by atoms with Gasteiger partial charge in [-0.1, -0.05) is 17.7 Å². The van der Waals surface area contributed by atoms with Gasteiger partial charge in [0.1, 0.15) is 5.82 Å². The van der Waals surface area contributed by atoms with E-state index in [9.17, 15) is 18.0 Å². The molecule has 1 aliphatic heterocycles. The maximum atomic E-state index is 13.0. The second-order valence-corrected chi connectivity index (χ2v) is 8.23. The summed E-state index contributed by atoms with van der Waals surface area (Å²) >= 11 is 5.62. The number of hydrogen-bond acceptors (Lipinski definition) is 3. The molecule has 0 saturated carbocycles. The van der Waals surface area contributed by atoms with Gasteiger partial charge in [-0.15, -0.1) is 0 Å². The number of hydrogen-bond donors (Lipinski definition) is 3. The first-order valence-corrected chi connectivity index (χ1v) is 10.1. The van der Waals surface area contributed by atoms with Gasteiger partial charge in [-0.3, -0.25) is 4.90 Å². The Morgan fingerprint density at radius 3 is 2.77 bits per heavy atom. The van der Waals surface area contributed by atoms with Crippen molar-refractivity contribution in [3.8, 4) is 0 Å². The molecule has 0 radical (unpaired) electrons. The van der Waals surface area contributed by atoms with Crippen molar-refractivity contribution in [1.82, 2.24) is 20.2 Å². The zero-order valence-corrected chi connectivity index (χ0v) is 17.6. The van der Waals surface area contributed by atoms with E-state index < -0.39 is 22.8 Å². The van der Waals surface area contributed by atoms with Gasteiger partial charge in [0.25, 0.3) is 0 Å². The van der Waals surface area contributed by atoms with Crippen LogP contribution in [0.4, 0.5) is 23.7 Å². The highest BCUT2D eigenvalue weighted by Crippen LogP contribution is 2.36. The number of aromatic nitrogens is 2. The molecule has 1 aliphatic rings. The van der Waals surface area contributed by atoms with E-state index in [0.29, 0.717) is 13.0 Å². The number of likely N-dealkylation sites (tertiary alicyclic amines) is 1. The summed E-state index contributed by atoms with van der Waals surface area (Å²) in [5, 5.41) is 4.86. The van der Waals surface area contributed by atoms with Gasteiger partial charge in [-0.25, -0.2) is 9.78 Å². The number of carbonyl (C=O) groups excluding carboxylic acids is 1. The van der Waals surface area contributed by atoms with Crippen LogP contribution in [0, 0.1) is 6.92 Å². The third-order valence-electron chi connectivity index (χ3n) is 5.38. The van der Waals surface area contributed by atoms with Gasteiger partial charge < -0.3 is 15.6 Å². The Labute approximate surface area is 181 Å². The van der Waals surface area contributed by atoms with E-state index in [0.717, 1.165) is 34.6 Å². The van der Waals surface area contributed by atoms with Crippen LogP contribution in [0.5, 0.6) is 0 Å². The molecule has 0 unspecified atom stereocenters. The number of carbonyl (C=O) groups is 1. The van der Waals surface area contributed by atoms with Gasteiger partial charge in [-0.2, -0.15) is 13.2 Å². The fourth-order valence-corrected chi connectivity index (χ4v) is 4.12. The number of aromatic amines is 1. The molecular weight excluding hydrogens is 431 g/mol. The van der Waals surface area contributed by atoms with Crippen LogP contribution in [0.3, 0.4) is 0 Å². The van der Waals surface area contributed by atoms with Crippen LogP contribution in [0.15, 0.2) is 36.4 Å². The molecule has 31 heavy (non-hydrogen) atoms. The second kappa shape index (κ2) is 8.05. The summed E-state index contributed by atoms with van der Waals surface area (Å²) in [6.45, 7) is 2.60. The van der Waals surface area contributed by atoms with Gasteiger partial charge in [0.05, 0.1) is 27.7 Å². The summed E-state index contributed by atoms with van der Waals surface area (Å²) < 4.78 is 39.0. The van der Waals surface area contributed by atoms with Gasteiger partial charge in [0.15, 0.2) is 0 Å². The fourth-order valence-electron chi connectivity index (χ4n) is 3.90. The molecule has 10 heteroatoms. The SMILES string of the molecule is Cc1ccc2nc([C@@H]3C[C@@H](NC(=O)Nc4ccc(Cl)c(C(F)(F)F)c4)CN3C)[nH]c2c1. The van der Waals surface area contributed by atoms with Gasteiger partial charge >= 0.3 is 12.2 Å². The molecule has 2 aromatic carbocycles. The van der Waals surface area contributed by atoms with Crippen molar-refractivity contribution in [3.63, 3.8) is 0 Å². The first kappa shape index (κ1) is 21.5. The molecule has 164 valence electrons. The molecule has 1 aromatic heterocycles. The smallest absolute Gasteiger partial charge is 0.341 e. The van der Waals surface area contributed by atoms with Crippen LogP contribution in [0.2, 0.25) is 5.02 Å². The molecule has 1 saturated heterocycles. The lowest BCUT2D eigenvalue weighted by molar-refractivity contribution is -0.137. The Balaban J connectivity index is 1.41. The monoisotopic (exact) mass is 451 g/mol. The Kier molecular flexibility index (Phi) is 5.57. The number of amides is 2. The lowest BCUT2D eigenvalue weighted by Crippen LogP contribution is -2.39. The Bertz CT molecular complexity index is 1130. The van der Waals surface area contributed by atoms with Gasteiger partial charge in [-0.05, 0) is 56.3 Å². The van der Waals surface area contributed by atoms with Crippen molar-refractivity contribution in [3.05, 3.63) is 58.4 Å². The van der Waals surface area contributed by atoms with Crippen molar-refractivity contribution in [1.29, 1.82) is 0 Å². The van der Waals surface area contributed by atoms with Crippen molar-refractivity contribution >= 4 is 34.4 Å². The number of nitrogens with zero attached hydrogens (tertiary/aromatic N) is 2. The Hall–Kier alpha value is -2.78. The topological polar surface area (TPSA) is 73.1 Å². The summed E-state index contributed by atoms with van der Waals surface area (Å²) in [5.74, 6) is 0.820. The number of fused-ring (bicyclic) bond motifs is 1. The molecule has 2 atom stereocenters. The lowest BCUT2D eigenvalue weighted by Gasteiger charge is -2.16. The number of H-pyrrole nitrogens is 1. The van der Waals surface area contributed by atoms with Crippen molar-refractivity contribution < 1.29 is 18.0 Å². The van der Waals surface area contributed by atoms with Gasteiger partial charge in [0, 0.05) is 18.3 Å². The summed E-state index contributed by atoms with van der Waals surface area (Å²) in [4.78, 5) is 22.5. The molecule has 2 amide bonds. The van der Waals surface area contributed by atoms with E-state index >= 15 is 0 Å². The Morgan fingerprint density at radius 1 is 1.26 bits per heavy atom. The molecule has 0 aliphatic carbocycles. The van der Waals surface area contributed by atoms with Crippen LogP contribution in [-0.4, -0.2) is 40.5 Å². The number of urea groups is 1. The Morgan fingerprint density at radius 2 is 2.03 bits per heavy atom. The highest BCUT2D eigenvalue weighted by atomic mass is 35.5. The molecule has 0 spiro atoms. The minimum Gasteiger partial charge on any atom is -0.341 e. The van der Waals surface area contributed by atoms with Crippen LogP contribution in [-0.2, 0) is 6.18 Å². The number of anilines is 1. The number of rotatable bonds is 3. The predicted octanol–water partition coefficient (Wildman–Crippen LogP) is 5.11. The number of nitrogens with one attached hydrogen (secondary N) is 3. The third kappa shape index (κ3) is 4.62. The normalized spacial score (nSPS) is 19.7.